The lowest BCUT2D eigenvalue weighted by Gasteiger charge is -2.37. The summed E-state index contributed by atoms with van der Waals surface area (Å²) in [5, 5.41) is 0.770. The van der Waals surface area contributed by atoms with Crippen molar-refractivity contribution in [2.45, 2.75) is 58.4 Å². The van der Waals surface area contributed by atoms with E-state index in [1.807, 2.05) is 12.1 Å². The fourth-order valence-electron chi connectivity index (χ4n) is 3.37. The lowest BCUT2D eigenvalue weighted by atomic mass is 9.78. The van der Waals surface area contributed by atoms with E-state index in [1.54, 1.807) is 0 Å². The number of piperidine rings is 1. The zero-order valence-electron chi connectivity index (χ0n) is 14.7. The van der Waals surface area contributed by atoms with Gasteiger partial charge in [0.1, 0.15) is 5.78 Å². The molecule has 0 spiro atoms. The van der Waals surface area contributed by atoms with E-state index < -0.39 is 0 Å². The molecule has 2 nitrogen and oxygen atoms in total. The highest BCUT2D eigenvalue weighted by Crippen LogP contribution is 2.32. The maximum Gasteiger partial charge on any atom is 0.146 e. The van der Waals surface area contributed by atoms with E-state index >= 15 is 0 Å². The third-order valence-electron chi connectivity index (χ3n) is 4.62. The number of hydrogen-bond donors (Lipinski definition) is 0. The van der Waals surface area contributed by atoms with E-state index in [-0.39, 0.29) is 5.41 Å². The molecule has 1 aromatic carbocycles. The highest BCUT2D eigenvalue weighted by Gasteiger charge is 2.30. The number of carbonyl (C=O) groups excluding carboxylic acids is 1. The molecule has 0 aliphatic carbocycles. The van der Waals surface area contributed by atoms with Crippen LogP contribution < -0.4 is 0 Å². The molecule has 1 aliphatic heterocycles. The third kappa shape index (κ3) is 5.19. The number of rotatable bonds is 5. The van der Waals surface area contributed by atoms with E-state index in [4.69, 9.17) is 11.6 Å². The molecule has 3 heteroatoms. The van der Waals surface area contributed by atoms with Crippen molar-refractivity contribution in [3.8, 4) is 0 Å². The summed E-state index contributed by atoms with van der Waals surface area (Å²) in [6.45, 7) is 10.4. The van der Waals surface area contributed by atoms with Crippen molar-refractivity contribution in [1.82, 2.24) is 4.90 Å². The van der Waals surface area contributed by atoms with Crippen LogP contribution in [0.2, 0.25) is 5.02 Å². The lowest BCUT2D eigenvalue weighted by Crippen LogP contribution is -2.44. The molecule has 0 aromatic heterocycles. The highest BCUT2D eigenvalue weighted by atomic mass is 35.5. The lowest BCUT2D eigenvalue weighted by molar-refractivity contribution is -0.122. The number of ketones is 1. The maximum atomic E-state index is 11.9. The van der Waals surface area contributed by atoms with E-state index in [2.05, 4.69) is 50.8 Å². The van der Waals surface area contributed by atoms with Crippen molar-refractivity contribution < 1.29 is 4.79 Å². The summed E-state index contributed by atoms with van der Waals surface area (Å²) in [7, 11) is 0. The van der Waals surface area contributed by atoms with Crippen LogP contribution in [-0.2, 0) is 10.2 Å². The summed E-state index contributed by atoms with van der Waals surface area (Å²) in [6, 6.07) is 8.44. The molecular weight excluding hydrogens is 306 g/mol. The Hall–Kier alpha value is -1.12. The summed E-state index contributed by atoms with van der Waals surface area (Å²) >= 11 is 6.02. The van der Waals surface area contributed by atoms with Crippen molar-refractivity contribution in [1.29, 1.82) is 0 Å². The van der Waals surface area contributed by atoms with Crippen LogP contribution in [0, 0.1) is 0 Å². The second-order valence-corrected chi connectivity index (χ2v) is 7.96. The molecule has 1 aliphatic rings. The zero-order valence-corrected chi connectivity index (χ0v) is 15.5. The number of halogens is 1. The monoisotopic (exact) mass is 333 g/mol. The minimum Gasteiger partial charge on any atom is -0.298 e. The number of hydrogen-bond acceptors (Lipinski definition) is 2. The van der Waals surface area contributed by atoms with E-state index in [0.717, 1.165) is 30.8 Å². The quantitative estimate of drug-likeness (QED) is 0.706. The molecule has 1 heterocycles. The Morgan fingerprint density at radius 1 is 1.30 bits per heavy atom. The molecule has 126 valence electrons. The van der Waals surface area contributed by atoms with Crippen molar-refractivity contribution >= 4 is 17.4 Å². The van der Waals surface area contributed by atoms with Crippen molar-refractivity contribution in [2.24, 2.45) is 0 Å². The number of nitrogens with zero attached hydrogens (tertiary/aromatic N) is 1. The van der Waals surface area contributed by atoms with E-state index in [0.29, 0.717) is 18.4 Å². The first-order valence-corrected chi connectivity index (χ1v) is 8.82. The van der Waals surface area contributed by atoms with Gasteiger partial charge in [0.2, 0.25) is 0 Å². The van der Waals surface area contributed by atoms with Gasteiger partial charge in [-0.2, -0.15) is 0 Å². The van der Waals surface area contributed by atoms with Crippen molar-refractivity contribution in [2.75, 3.05) is 13.1 Å². The normalized spacial score (nSPS) is 17.9. The zero-order chi connectivity index (χ0) is 17.0. The highest BCUT2D eigenvalue weighted by molar-refractivity contribution is 6.30. The molecule has 0 bridgehead atoms. The van der Waals surface area contributed by atoms with Gasteiger partial charge in [-0.3, -0.25) is 9.69 Å². The predicted octanol–water partition coefficient (Wildman–Crippen LogP) is 5.01. The van der Waals surface area contributed by atoms with Crippen LogP contribution in [0.3, 0.4) is 0 Å². The van der Waals surface area contributed by atoms with Gasteiger partial charge in [-0.05, 0) is 56.3 Å². The number of likely N-dealkylation sites (tertiary alicyclic amines) is 1. The first-order chi connectivity index (χ1) is 10.8. The Balaban J connectivity index is 2.20. The second-order valence-electron chi connectivity index (χ2n) is 7.52. The molecule has 0 N–H and O–H groups in total. The summed E-state index contributed by atoms with van der Waals surface area (Å²) in [6.07, 6.45) is 5.02. The summed E-state index contributed by atoms with van der Waals surface area (Å²) in [4.78, 5) is 14.2. The molecule has 1 fully saturated rings. The smallest absolute Gasteiger partial charge is 0.146 e. The van der Waals surface area contributed by atoms with Gasteiger partial charge in [-0.15, -0.1) is 0 Å². The van der Waals surface area contributed by atoms with Crippen LogP contribution in [-0.4, -0.2) is 29.8 Å². The van der Waals surface area contributed by atoms with Crippen LogP contribution in [0.1, 0.15) is 52.5 Å². The van der Waals surface area contributed by atoms with Crippen LogP contribution in [0.5, 0.6) is 0 Å². The third-order valence-corrected chi connectivity index (χ3v) is 4.87. The predicted molar refractivity (Wildman–Crippen MR) is 98.1 cm³/mol. The molecule has 23 heavy (non-hydrogen) atoms. The minimum absolute atomic E-state index is 0.0295. The topological polar surface area (TPSA) is 20.3 Å². The Morgan fingerprint density at radius 3 is 2.52 bits per heavy atom. The standard InChI is InChI=1S/C20H28ClNO/c1-15(2)12-18(22-11-5-6-19(23)14-22)13-20(3,4)16-7-9-17(21)10-8-16/h7-10,12,18H,5-6,11,13-14H2,1-4H3. The van der Waals surface area contributed by atoms with Crippen LogP contribution >= 0.6 is 11.6 Å². The van der Waals surface area contributed by atoms with Crippen molar-refractivity contribution in [3.63, 3.8) is 0 Å². The SMILES string of the molecule is CC(C)=CC(CC(C)(C)c1ccc(Cl)cc1)N1CCCC(=O)C1. The fraction of sp³-hybridized carbons (Fsp3) is 0.550. The molecule has 0 amide bonds. The van der Waals surface area contributed by atoms with E-state index in [9.17, 15) is 4.79 Å². The van der Waals surface area contributed by atoms with Crippen LogP contribution in [0.25, 0.3) is 0 Å². The number of Topliss-reactive ketones (excluding diaryl/α,β-unsaturated/α-hetero) is 1. The van der Waals surface area contributed by atoms with Crippen LogP contribution in [0.15, 0.2) is 35.9 Å². The first kappa shape index (κ1) is 18.2. The van der Waals surface area contributed by atoms with E-state index in [1.165, 1.54) is 11.1 Å². The van der Waals surface area contributed by atoms with Gasteiger partial charge in [0.05, 0.1) is 6.54 Å². The number of benzene rings is 1. The van der Waals surface area contributed by atoms with Gasteiger partial charge in [0, 0.05) is 17.5 Å². The van der Waals surface area contributed by atoms with Gasteiger partial charge < -0.3 is 0 Å². The van der Waals surface area contributed by atoms with Crippen LogP contribution in [0.4, 0.5) is 0 Å². The van der Waals surface area contributed by atoms with Gasteiger partial charge >= 0.3 is 0 Å². The summed E-state index contributed by atoms with van der Waals surface area (Å²) in [5.74, 6) is 0.368. The van der Waals surface area contributed by atoms with Gasteiger partial charge in [0.15, 0.2) is 0 Å². The summed E-state index contributed by atoms with van der Waals surface area (Å²) < 4.78 is 0. The van der Waals surface area contributed by atoms with Gasteiger partial charge in [-0.25, -0.2) is 0 Å². The molecular formula is C20H28ClNO. The minimum atomic E-state index is 0.0295. The average Bonchev–Trinajstić information content (AvgIpc) is 2.46. The average molecular weight is 334 g/mol. The number of carbonyl (C=O) groups is 1. The van der Waals surface area contributed by atoms with Gasteiger partial charge in [-0.1, -0.05) is 49.2 Å². The molecule has 0 saturated carbocycles. The molecule has 0 radical (unpaired) electrons. The molecule has 1 saturated heterocycles. The largest absolute Gasteiger partial charge is 0.298 e. The second kappa shape index (κ2) is 7.63. The maximum absolute atomic E-state index is 11.9. The molecule has 1 unspecified atom stereocenters. The fourth-order valence-corrected chi connectivity index (χ4v) is 3.49. The molecule has 2 rings (SSSR count). The Morgan fingerprint density at radius 2 is 1.96 bits per heavy atom. The first-order valence-electron chi connectivity index (χ1n) is 8.45. The molecule has 1 aromatic rings. The Kier molecular flexibility index (Phi) is 6.05. The Labute approximate surface area is 145 Å². The van der Waals surface area contributed by atoms with Gasteiger partial charge in [0.25, 0.3) is 0 Å². The van der Waals surface area contributed by atoms with Crippen molar-refractivity contribution in [3.05, 3.63) is 46.5 Å². The summed E-state index contributed by atoms with van der Waals surface area (Å²) in [5.41, 5.74) is 2.62. The number of allylic oxidation sites excluding steroid dienone is 1. The molecule has 1 atom stereocenters. The Bertz CT molecular complexity index is 570.